The summed E-state index contributed by atoms with van der Waals surface area (Å²) >= 11 is 2.47. The minimum Gasteiger partial charge on any atom is -0.480 e. The maximum atomic E-state index is 12.3. The van der Waals surface area contributed by atoms with Crippen LogP contribution in [0.15, 0.2) is 0 Å². The molecule has 0 aromatic carbocycles. The van der Waals surface area contributed by atoms with Crippen LogP contribution in [0.2, 0.25) is 0 Å². The number of carboxylic acids is 1. The number of amides is 4. The molecule has 0 fully saturated rings. The van der Waals surface area contributed by atoms with Crippen molar-refractivity contribution in [1.82, 2.24) is 21.3 Å². The second-order valence-electron chi connectivity index (χ2n) is 5.09. The molecule has 10 nitrogen and oxygen atoms in total. The van der Waals surface area contributed by atoms with Gasteiger partial charge in [0.25, 0.3) is 5.24 Å². The Morgan fingerprint density at radius 1 is 0.962 bits per heavy atom. The number of hydrogen-bond acceptors (Lipinski definition) is 7. The third-order valence-corrected chi connectivity index (χ3v) is 4.15. The lowest BCUT2D eigenvalue weighted by molar-refractivity contribution is -0.138. The van der Waals surface area contributed by atoms with Gasteiger partial charge in [-0.2, -0.15) is 11.8 Å². The van der Waals surface area contributed by atoms with E-state index < -0.39 is 48.9 Å². The molecular weight excluding hydrogens is 384 g/mol. The van der Waals surface area contributed by atoms with Crippen molar-refractivity contribution in [3.05, 3.63) is 0 Å². The third-order valence-electron chi connectivity index (χ3n) is 3.02. The summed E-state index contributed by atoms with van der Waals surface area (Å²) in [5.41, 5.74) is 0. The maximum Gasteiger partial charge on any atom is 0.322 e. The predicted octanol–water partition coefficient (Wildman–Crippen LogP) is -0.998. The van der Waals surface area contributed by atoms with Crippen molar-refractivity contribution in [1.29, 1.82) is 0 Å². The molecule has 0 aromatic rings. The molecule has 0 aliphatic heterocycles. The highest BCUT2D eigenvalue weighted by Gasteiger charge is 2.24. The molecule has 12 heteroatoms. The van der Waals surface area contributed by atoms with Crippen molar-refractivity contribution in [2.24, 2.45) is 0 Å². The molecule has 2 atom stereocenters. The van der Waals surface area contributed by atoms with Gasteiger partial charge in [0.2, 0.25) is 17.7 Å². The zero-order valence-electron chi connectivity index (χ0n) is 14.8. The highest BCUT2D eigenvalue weighted by atomic mass is 32.2. The molecule has 148 valence electrons. The number of thioether (sulfide) groups is 2. The first-order chi connectivity index (χ1) is 12.2. The Labute approximate surface area is 160 Å². The minimum atomic E-state index is -1.20. The van der Waals surface area contributed by atoms with E-state index in [1.165, 1.54) is 18.7 Å². The molecule has 0 radical (unpaired) electrons. The molecule has 0 aliphatic carbocycles. The van der Waals surface area contributed by atoms with Gasteiger partial charge in [-0.25, -0.2) is 0 Å². The summed E-state index contributed by atoms with van der Waals surface area (Å²) in [4.78, 5) is 57.4. The lowest BCUT2D eigenvalue weighted by Crippen LogP contribution is -2.53. The van der Waals surface area contributed by atoms with Gasteiger partial charge in [-0.3, -0.25) is 24.0 Å². The molecule has 0 rings (SSSR count). The van der Waals surface area contributed by atoms with E-state index in [1.54, 1.807) is 6.26 Å². The summed E-state index contributed by atoms with van der Waals surface area (Å²) in [5.74, 6) is -2.32. The summed E-state index contributed by atoms with van der Waals surface area (Å²) in [5, 5.41) is 17.5. The zero-order chi connectivity index (χ0) is 20.1. The zero-order valence-corrected chi connectivity index (χ0v) is 16.4. The van der Waals surface area contributed by atoms with Gasteiger partial charge in [0.15, 0.2) is 0 Å². The van der Waals surface area contributed by atoms with Crippen LogP contribution in [0.1, 0.15) is 13.3 Å². The van der Waals surface area contributed by atoms with Crippen molar-refractivity contribution in [3.8, 4) is 0 Å². The van der Waals surface area contributed by atoms with E-state index in [4.69, 9.17) is 5.11 Å². The topological polar surface area (TPSA) is 154 Å². The van der Waals surface area contributed by atoms with E-state index in [9.17, 15) is 24.0 Å². The molecular formula is C14H24N4O6S2. The fourth-order valence-corrected chi connectivity index (χ4v) is 2.37. The summed E-state index contributed by atoms with van der Waals surface area (Å²) in [6.07, 6.45) is 3.87. The molecule has 0 saturated heterocycles. The van der Waals surface area contributed by atoms with E-state index >= 15 is 0 Å². The Morgan fingerprint density at radius 2 is 1.62 bits per heavy atom. The quantitative estimate of drug-likeness (QED) is 0.292. The molecule has 0 unspecified atom stereocenters. The van der Waals surface area contributed by atoms with Gasteiger partial charge >= 0.3 is 5.97 Å². The van der Waals surface area contributed by atoms with Crippen LogP contribution in [-0.2, 0) is 19.2 Å². The molecule has 5 N–H and O–H groups in total. The average molecular weight is 409 g/mol. The molecule has 0 bridgehead atoms. The van der Waals surface area contributed by atoms with E-state index in [0.717, 1.165) is 11.8 Å². The molecule has 0 heterocycles. The first kappa shape index (κ1) is 24.1. The Balaban J connectivity index is 4.49. The van der Waals surface area contributed by atoms with Gasteiger partial charge in [-0.05, 0) is 31.6 Å². The summed E-state index contributed by atoms with van der Waals surface area (Å²) < 4.78 is 0. The van der Waals surface area contributed by atoms with Crippen LogP contribution in [0, 0.1) is 0 Å². The van der Waals surface area contributed by atoms with E-state index in [2.05, 4.69) is 21.3 Å². The Hall–Kier alpha value is -1.95. The molecule has 0 aliphatic rings. The smallest absolute Gasteiger partial charge is 0.322 e. The van der Waals surface area contributed by atoms with Gasteiger partial charge in [0.05, 0.1) is 6.54 Å². The second kappa shape index (κ2) is 13.3. The summed E-state index contributed by atoms with van der Waals surface area (Å²) in [6.45, 7) is 0.475. The Bertz CT molecular complexity index is 532. The lowest BCUT2D eigenvalue weighted by Gasteiger charge is -2.20. The first-order valence-electron chi connectivity index (χ1n) is 7.61. The van der Waals surface area contributed by atoms with Crippen LogP contribution in [0.25, 0.3) is 0 Å². The fourth-order valence-electron chi connectivity index (χ4n) is 1.64. The largest absolute Gasteiger partial charge is 0.480 e. The van der Waals surface area contributed by atoms with Gasteiger partial charge in [-0.1, -0.05) is 11.8 Å². The average Bonchev–Trinajstić information content (AvgIpc) is 2.60. The number of carbonyl (C=O) groups excluding carboxylic acids is 4. The number of hydrogen-bond donors (Lipinski definition) is 5. The van der Waals surface area contributed by atoms with Gasteiger partial charge in [-0.15, -0.1) is 0 Å². The highest BCUT2D eigenvalue weighted by molar-refractivity contribution is 8.12. The number of carboxylic acid groups (broad SMARTS) is 1. The summed E-state index contributed by atoms with van der Waals surface area (Å²) in [7, 11) is 0. The van der Waals surface area contributed by atoms with Crippen LogP contribution in [0.3, 0.4) is 0 Å². The number of carbonyl (C=O) groups is 5. The van der Waals surface area contributed by atoms with Crippen LogP contribution < -0.4 is 21.3 Å². The molecule has 0 saturated carbocycles. The fraction of sp³-hybridized carbons (Fsp3) is 0.643. The van der Waals surface area contributed by atoms with Crippen LogP contribution in [-0.4, -0.2) is 77.5 Å². The monoisotopic (exact) mass is 408 g/mol. The van der Waals surface area contributed by atoms with E-state index in [0.29, 0.717) is 12.2 Å². The standard InChI is InChI=1S/C14H24N4O6S2/c1-8(12(22)16-6-10(19)15-7-11(20)21)17-13(23)9(4-5-25-2)18-14(24)26-3/h8-9H,4-7H2,1-3H3,(H,15,19)(H,16,22)(H,17,23)(H,18,24)(H,20,21)/t8-,9-/m0/s1. The first-order valence-corrected chi connectivity index (χ1v) is 10.2. The van der Waals surface area contributed by atoms with Gasteiger partial charge in [0.1, 0.15) is 18.6 Å². The molecule has 0 aromatic heterocycles. The number of nitrogens with one attached hydrogen (secondary N) is 4. The van der Waals surface area contributed by atoms with Crippen molar-refractivity contribution in [2.75, 3.05) is 31.4 Å². The predicted molar refractivity (Wildman–Crippen MR) is 100 cm³/mol. The number of rotatable bonds is 11. The van der Waals surface area contributed by atoms with E-state index in [-0.39, 0.29) is 5.24 Å². The van der Waals surface area contributed by atoms with Crippen LogP contribution in [0.5, 0.6) is 0 Å². The van der Waals surface area contributed by atoms with Crippen molar-refractivity contribution in [2.45, 2.75) is 25.4 Å². The third kappa shape index (κ3) is 10.8. The molecule has 4 amide bonds. The van der Waals surface area contributed by atoms with Crippen molar-refractivity contribution >= 4 is 52.5 Å². The Morgan fingerprint density at radius 3 is 2.15 bits per heavy atom. The highest BCUT2D eigenvalue weighted by Crippen LogP contribution is 2.04. The van der Waals surface area contributed by atoms with Gasteiger partial charge in [0, 0.05) is 0 Å². The van der Waals surface area contributed by atoms with Crippen molar-refractivity contribution in [3.63, 3.8) is 0 Å². The van der Waals surface area contributed by atoms with Crippen LogP contribution in [0.4, 0.5) is 4.79 Å². The van der Waals surface area contributed by atoms with Gasteiger partial charge < -0.3 is 26.4 Å². The maximum absolute atomic E-state index is 12.3. The lowest BCUT2D eigenvalue weighted by atomic mass is 10.2. The minimum absolute atomic E-state index is 0.349. The second-order valence-corrected chi connectivity index (χ2v) is 6.85. The summed E-state index contributed by atoms with van der Waals surface area (Å²) in [6, 6.07) is -1.70. The Kier molecular flexibility index (Phi) is 12.3. The SMILES string of the molecule is CSCC[C@H](NC(=O)SC)C(=O)N[C@@H](C)C(=O)NCC(=O)NCC(=O)O. The van der Waals surface area contributed by atoms with E-state index in [1.807, 2.05) is 6.26 Å². The van der Waals surface area contributed by atoms with Crippen LogP contribution >= 0.6 is 23.5 Å². The molecule has 26 heavy (non-hydrogen) atoms. The molecule has 0 spiro atoms. The normalized spacial score (nSPS) is 12.4. The number of aliphatic carboxylic acids is 1. The van der Waals surface area contributed by atoms with Crippen molar-refractivity contribution < 1.29 is 29.1 Å².